The van der Waals surface area contributed by atoms with Crippen molar-refractivity contribution in [3.05, 3.63) is 41.6 Å². The molecule has 25 heavy (non-hydrogen) atoms. The van der Waals surface area contributed by atoms with Gasteiger partial charge in [-0.05, 0) is 50.2 Å². The number of carbonyl (C=O) groups excluding carboxylic acids is 2. The van der Waals surface area contributed by atoms with Crippen molar-refractivity contribution in [1.29, 1.82) is 0 Å². The summed E-state index contributed by atoms with van der Waals surface area (Å²) in [5, 5.41) is 5.13. The lowest BCUT2D eigenvalue weighted by molar-refractivity contribution is -0.137. The lowest BCUT2D eigenvalue weighted by atomic mass is 9.85. The minimum absolute atomic E-state index is 0.0424. The zero-order chi connectivity index (χ0) is 18.2. The molecule has 1 aromatic rings. The fourth-order valence-electron chi connectivity index (χ4n) is 2.87. The maximum absolute atomic E-state index is 12.5. The summed E-state index contributed by atoms with van der Waals surface area (Å²) in [7, 11) is 0. The van der Waals surface area contributed by atoms with E-state index in [2.05, 4.69) is 15.6 Å². The van der Waals surface area contributed by atoms with Crippen LogP contribution in [-0.4, -0.2) is 33.7 Å². The molecular formula is C18H20N4O2S. The van der Waals surface area contributed by atoms with Gasteiger partial charge in [0.05, 0.1) is 17.9 Å². The zero-order valence-corrected chi connectivity index (χ0v) is 15.1. The molecule has 7 heteroatoms. The van der Waals surface area contributed by atoms with Crippen molar-refractivity contribution in [1.82, 2.24) is 15.5 Å². The average Bonchev–Trinajstić information content (AvgIpc) is 2.52. The van der Waals surface area contributed by atoms with E-state index in [0.717, 1.165) is 11.1 Å². The molecule has 0 radical (unpaired) electrons. The number of carbonyl (C=O) groups is 2. The lowest BCUT2D eigenvalue weighted by Crippen LogP contribution is -2.58. The van der Waals surface area contributed by atoms with Gasteiger partial charge in [-0.3, -0.25) is 14.6 Å². The van der Waals surface area contributed by atoms with Gasteiger partial charge in [0, 0.05) is 6.20 Å². The highest BCUT2D eigenvalue weighted by Crippen LogP contribution is 2.36. The molecule has 0 aromatic heterocycles. The van der Waals surface area contributed by atoms with Gasteiger partial charge in [-0.1, -0.05) is 24.3 Å². The Bertz CT molecular complexity index is 775. The van der Waals surface area contributed by atoms with E-state index in [1.165, 1.54) is 0 Å². The maximum Gasteiger partial charge on any atom is 0.241 e. The van der Waals surface area contributed by atoms with Gasteiger partial charge < -0.3 is 15.5 Å². The molecule has 1 aromatic carbocycles. The van der Waals surface area contributed by atoms with Crippen LogP contribution >= 0.6 is 12.2 Å². The summed E-state index contributed by atoms with van der Waals surface area (Å²) < 4.78 is 0. The molecule has 2 N–H and O–H groups in total. The Morgan fingerprint density at radius 2 is 1.80 bits per heavy atom. The molecule has 1 fully saturated rings. The summed E-state index contributed by atoms with van der Waals surface area (Å²) in [4.78, 5) is 31.4. The fraction of sp³-hybridized carbons (Fsp3) is 0.333. The number of nitrogens with zero attached hydrogens (tertiary/aromatic N) is 2. The van der Waals surface area contributed by atoms with Gasteiger partial charge in [0.25, 0.3) is 0 Å². The predicted molar refractivity (Wildman–Crippen MR) is 101 cm³/mol. The third-order valence-electron chi connectivity index (χ3n) is 3.99. The number of hydrogen-bond acceptors (Lipinski definition) is 4. The van der Waals surface area contributed by atoms with Crippen LogP contribution in [0.2, 0.25) is 0 Å². The van der Waals surface area contributed by atoms with Crippen LogP contribution in [0, 0.1) is 5.92 Å². The standard InChI is InChI=1S/C18H20N4O2S/c1-18(2,3)19-10-22-9-8-11-6-4-5-7-12(11)14(22)13-15(23)20-17(25)21-16(13)24/h4-10,13-14H,1-3H3,(H2,20,21,23,24,25). The van der Waals surface area contributed by atoms with Crippen LogP contribution in [0.15, 0.2) is 35.5 Å². The van der Waals surface area contributed by atoms with E-state index in [0.29, 0.717) is 0 Å². The van der Waals surface area contributed by atoms with Crippen molar-refractivity contribution in [3.63, 3.8) is 0 Å². The maximum atomic E-state index is 12.5. The number of nitrogens with one attached hydrogen (secondary N) is 2. The number of rotatable bonds is 2. The topological polar surface area (TPSA) is 73.8 Å². The number of aliphatic imine (C=N–C) groups is 1. The van der Waals surface area contributed by atoms with Gasteiger partial charge in [0.2, 0.25) is 11.8 Å². The van der Waals surface area contributed by atoms with Crippen LogP contribution in [0.3, 0.4) is 0 Å². The van der Waals surface area contributed by atoms with Crippen molar-refractivity contribution in [3.8, 4) is 0 Å². The Labute approximate surface area is 152 Å². The summed E-state index contributed by atoms with van der Waals surface area (Å²) in [6.07, 6.45) is 5.48. The summed E-state index contributed by atoms with van der Waals surface area (Å²) in [5.74, 6) is -1.74. The van der Waals surface area contributed by atoms with Crippen molar-refractivity contribution < 1.29 is 9.59 Å². The van der Waals surface area contributed by atoms with Crippen LogP contribution in [0.1, 0.15) is 37.9 Å². The third-order valence-corrected chi connectivity index (χ3v) is 4.20. The summed E-state index contributed by atoms with van der Waals surface area (Å²) in [5.41, 5.74) is 1.60. The molecule has 0 bridgehead atoms. The Kier molecular flexibility index (Phi) is 4.43. The van der Waals surface area contributed by atoms with Gasteiger partial charge in [0.1, 0.15) is 5.92 Å². The van der Waals surface area contributed by atoms with Crippen molar-refractivity contribution >= 4 is 41.6 Å². The summed E-state index contributed by atoms with van der Waals surface area (Å²) in [6.45, 7) is 5.95. The first-order valence-electron chi connectivity index (χ1n) is 8.02. The largest absolute Gasteiger partial charge is 0.330 e. The number of fused-ring (bicyclic) bond motifs is 1. The number of thiocarbonyl (C=S) groups is 1. The first-order chi connectivity index (χ1) is 11.8. The molecule has 2 amide bonds. The number of hydrogen-bond donors (Lipinski definition) is 2. The van der Waals surface area contributed by atoms with E-state index in [1.807, 2.05) is 62.2 Å². The molecule has 3 rings (SSSR count). The number of amides is 2. The molecular weight excluding hydrogens is 336 g/mol. The predicted octanol–water partition coefficient (Wildman–Crippen LogP) is 1.99. The second-order valence-corrected chi connectivity index (χ2v) is 7.45. The van der Waals surface area contributed by atoms with Crippen molar-refractivity contribution in [2.24, 2.45) is 10.9 Å². The monoisotopic (exact) mass is 356 g/mol. The third kappa shape index (κ3) is 3.61. The molecule has 0 spiro atoms. The van der Waals surface area contributed by atoms with E-state index in [9.17, 15) is 9.59 Å². The molecule has 1 saturated heterocycles. The first kappa shape index (κ1) is 17.3. The van der Waals surface area contributed by atoms with Crippen LogP contribution in [0.4, 0.5) is 0 Å². The highest BCUT2D eigenvalue weighted by Gasteiger charge is 2.43. The second-order valence-electron chi connectivity index (χ2n) is 7.04. The molecule has 2 aliphatic heterocycles. The highest BCUT2D eigenvalue weighted by molar-refractivity contribution is 7.80. The molecule has 2 heterocycles. The van der Waals surface area contributed by atoms with E-state index < -0.39 is 23.8 Å². The van der Waals surface area contributed by atoms with E-state index in [-0.39, 0.29) is 10.7 Å². The lowest BCUT2D eigenvalue weighted by Gasteiger charge is -2.37. The minimum atomic E-state index is -0.927. The molecule has 6 nitrogen and oxygen atoms in total. The summed E-state index contributed by atoms with van der Waals surface area (Å²) >= 11 is 4.90. The van der Waals surface area contributed by atoms with Crippen LogP contribution in [0.5, 0.6) is 0 Å². The minimum Gasteiger partial charge on any atom is -0.330 e. The summed E-state index contributed by atoms with van der Waals surface area (Å²) in [6, 6.07) is 7.22. The quantitative estimate of drug-likeness (QED) is 0.368. The Morgan fingerprint density at radius 3 is 2.44 bits per heavy atom. The van der Waals surface area contributed by atoms with Gasteiger partial charge in [0.15, 0.2) is 5.11 Å². The van der Waals surface area contributed by atoms with E-state index in [4.69, 9.17) is 12.2 Å². The molecule has 0 aliphatic carbocycles. The van der Waals surface area contributed by atoms with Gasteiger partial charge in [-0.15, -0.1) is 0 Å². The SMILES string of the molecule is CC(C)(C)N=CN1C=Cc2ccccc2C1C1C(=O)NC(=S)NC1=O. The van der Waals surface area contributed by atoms with Gasteiger partial charge in [-0.25, -0.2) is 0 Å². The average molecular weight is 356 g/mol. The van der Waals surface area contributed by atoms with E-state index in [1.54, 1.807) is 6.34 Å². The normalized spacial score (nSPS) is 21.3. The molecule has 1 atom stereocenters. The number of benzene rings is 1. The second kappa shape index (κ2) is 6.40. The van der Waals surface area contributed by atoms with Crippen molar-refractivity contribution in [2.45, 2.75) is 32.4 Å². The molecule has 2 aliphatic rings. The van der Waals surface area contributed by atoms with Crippen LogP contribution in [-0.2, 0) is 9.59 Å². The molecule has 0 saturated carbocycles. The van der Waals surface area contributed by atoms with Crippen LogP contribution in [0.25, 0.3) is 6.08 Å². The smallest absolute Gasteiger partial charge is 0.241 e. The first-order valence-corrected chi connectivity index (χ1v) is 8.43. The zero-order valence-electron chi connectivity index (χ0n) is 14.3. The van der Waals surface area contributed by atoms with Gasteiger partial charge >= 0.3 is 0 Å². The van der Waals surface area contributed by atoms with Crippen LogP contribution < -0.4 is 10.6 Å². The Balaban J connectivity index is 2.05. The molecule has 1 unspecified atom stereocenters. The van der Waals surface area contributed by atoms with E-state index >= 15 is 0 Å². The van der Waals surface area contributed by atoms with Gasteiger partial charge in [-0.2, -0.15) is 0 Å². The van der Waals surface area contributed by atoms with Crippen molar-refractivity contribution in [2.75, 3.05) is 0 Å². The Morgan fingerprint density at radius 1 is 1.16 bits per heavy atom. The highest BCUT2D eigenvalue weighted by atomic mass is 32.1. The Hall–Kier alpha value is -2.54. The fourth-order valence-corrected chi connectivity index (χ4v) is 3.07. The molecule has 130 valence electrons.